The Kier molecular flexibility index (Phi) is 9.58. The van der Waals surface area contributed by atoms with Crippen LogP contribution in [0.5, 0.6) is 11.5 Å². The number of nitrogens with one attached hydrogen (secondary N) is 3. The van der Waals surface area contributed by atoms with E-state index < -0.39 is 11.8 Å². The Morgan fingerprint density at radius 2 is 1.72 bits per heavy atom. The first-order valence-corrected chi connectivity index (χ1v) is 11.8. The number of aryl methyl sites for hydroxylation is 1. The molecule has 0 unspecified atom stereocenters. The molecule has 3 aromatic rings. The number of amides is 3. The monoisotopic (exact) mass is 552 g/mol. The van der Waals surface area contributed by atoms with Gasteiger partial charge in [-0.15, -0.1) is 0 Å². The van der Waals surface area contributed by atoms with Crippen molar-refractivity contribution in [3.8, 4) is 11.5 Å². The predicted octanol–water partition coefficient (Wildman–Crippen LogP) is 4.26. The van der Waals surface area contributed by atoms with Crippen molar-refractivity contribution >= 4 is 51.2 Å². The average Bonchev–Trinajstić information content (AvgIpc) is 2.86. The van der Waals surface area contributed by atoms with Gasteiger partial charge in [-0.25, -0.2) is 5.43 Å². The van der Waals surface area contributed by atoms with Crippen LogP contribution in [0, 0.1) is 6.92 Å². The first kappa shape index (κ1) is 26.4. The second kappa shape index (κ2) is 13.1. The number of hydrogen-bond acceptors (Lipinski definition) is 6. The van der Waals surface area contributed by atoms with Gasteiger partial charge in [-0.3, -0.25) is 14.4 Å². The van der Waals surface area contributed by atoms with E-state index in [0.717, 1.165) is 10.0 Å². The van der Waals surface area contributed by atoms with E-state index in [4.69, 9.17) is 9.47 Å². The van der Waals surface area contributed by atoms with E-state index in [1.807, 2.05) is 26.0 Å². The topological polar surface area (TPSA) is 118 Å². The van der Waals surface area contributed by atoms with Crippen LogP contribution in [-0.4, -0.2) is 37.1 Å². The zero-order valence-corrected chi connectivity index (χ0v) is 21.3. The van der Waals surface area contributed by atoms with Crippen LogP contribution < -0.4 is 25.5 Å². The maximum atomic E-state index is 12.2. The molecule has 0 atom stereocenters. The van der Waals surface area contributed by atoms with Gasteiger partial charge < -0.3 is 20.1 Å². The van der Waals surface area contributed by atoms with Crippen LogP contribution in [-0.2, 0) is 14.4 Å². The Morgan fingerprint density at radius 3 is 2.50 bits per heavy atom. The Morgan fingerprint density at radius 1 is 0.917 bits per heavy atom. The normalized spacial score (nSPS) is 10.5. The minimum absolute atomic E-state index is 0.184. The largest absolute Gasteiger partial charge is 0.492 e. The smallest absolute Gasteiger partial charge is 0.329 e. The number of nitrogens with zero attached hydrogens (tertiary/aromatic N) is 1. The van der Waals surface area contributed by atoms with Crippen LogP contribution in [0.4, 0.5) is 11.4 Å². The molecule has 36 heavy (non-hydrogen) atoms. The number of benzene rings is 3. The van der Waals surface area contributed by atoms with Gasteiger partial charge in [0.2, 0.25) is 0 Å². The van der Waals surface area contributed by atoms with Gasteiger partial charge in [-0.05, 0) is 67.4 Å². The van der Waals surface area contributed by atoms with Crippen LogP contribution >= 0.6 is 15.9 Å². The summed E-state index contributed by atoms with van der Waals surface area (Å²) in [5, 5.41) is 9.11. The summed E-state index contributed by atoms with van der Waals surface area (Å²) in [5.74, 6) is -1.22. The standard InChI is InChI=1S/C26H25BrN4O5/c1-3-35-23-10-5-4-9-22(23)30-25(33)26(34)31-28-15-18-7-6-8-20(14-18)36-16-24(32)29-21-12-11-19(27)13-17(21)2/h4-15H,3,16H2,1-2H3,(H,29,32)(H,30,33)(H,31,34)/b28-15-. The number of halogens is 1. The SMILES string of the molecule is CCOc1ccccc1NC(=O)C(=O)N/N=C\c1cccc(OCC(=O)Nc2ccc(Br)cc2C)c1. The van der Waals surface area contributed by atoms with E-state index in [1.165, 1.54) is 6.21 Å². The number of anilines is 2. The van der Waals surface area contributed by atoms with Crippen molar-refractivity contribution in [2.24, 2.45) is 5.10 Å². The number of ether oxygens (including phenoxy) is 2. The fourth-order valence-electron chi connectivity index (χ4n) is 3.03. The van der Waals surface area contributed by atoms with Gasteiger partial charge in [0.1, 0.15) is 11.5 Å². The molecule has 0 spiro atoms. The third kappa shape index (κ3) is 7.95. The average molecular weight is 553 g/mol. The van der Waals surface area contributed by atoms with Gasteiger partial charge in [-0.1, -0.05) is 40.2 Å². The van der Waals surface area contributed by atoms with E-state index in [0.29, 0.717) is 35.0 Å². The van der Waals surface area contributed by atoms with Gasteiger partial charge in [0.05, 0.1) is 18.5 Å². The van der Waals surface area contributed by atoms with Crippen LogP contribution in [0.1, 0.15) is 18.1 Å². The van der Waals surface area contributed by atoms with Gasteiger partial charge >= 0.3 is 11.8 Å². The molecule has 0 fully saturated rings. The molecular formula is C26H25BrN4O5. The molecule has 0 aliphatic carbocycles. The maximum absolute atomic E-state index is 12.2. The number of carbonyl (C=O) groups is 3. The highest BCUT2D eigenvalue weighted by atomic mass is 79.9. The van der Waals surface area contributed by atoms with Gasteiger partial charge in [0, 0.05) is 10.2 Å². The van der Waals surface area contributed by atoms with Gasteiger partial charge in [0.15, 0.2) is 6.61 Å². The summed E-state index contributed by atoms with van der Waals surface area (Å²) in [4.78, 5) is 36.5. The number of hydrogen-bond donors (Lipinski definition) is 3. The molecule has 3 N–H and O–H groups in total. The van der Waals surface area contributed by atoms with Crippen LogP contribution in [0.2, 0.25) is 0 Å². The van der Waals surface area contributed by atoms with Crippen molar-refractivity contribution in [2.45, 2.75) is 13.8 Å². The molecule has 0 bridgehead atoms. The predicted molar refractivity (Wildman–Crippen MR) is 141 cm³/mol. The molecule has 0 aliphatic rings. The molecule has 10 heteroatoms. The summed E-state index contributed by atoms with van der Waals surface area (Å²) in [6.45, 7) is 3.95. The summed E-state index contributed by atoms with van der Waals surface area (Å²) in [6, 6.07) is 19.1. The lowest BCUT2D eigenvalue weighted by Gasteiger charge is -2.10. The fourth-order valence-corrected chi connectivity index (χ4v) is 3.51. The first-order chi connectivity index (χ1) is 17.4. The van der Waals surface area contributed by atoms with Crippen molar-refractivity contribution in [3.05, 3.63) is 82.3 Å². The third-order valence-corrected chi connectivity index (χ3v) is 5.20. The molecule has 3 aromatic carbocycles. The second-order valence-corrected chi connectivity index (χ2v) is 8.37. The summed E-state index contributed by atoms with van der Waals surface area (Å²) in [6.07, 6.45) is 1.36. The number of hydrazone groups is 1. The van der Waals surface area contributed by atoms with Crippen molar-refractivity contribution < 1.29 is 23.9 Å². The number of para-hydroxylation sites is 2. The van der Waals surface area contributed by atoms with Crippen molar-refractivity contribution in [1.29, 1.82) is 0 Å². The zero-order valence-electron chi connectivity index (χ0n) is 19.7. The highest BCUT2D eigenvalue weighted by Crippen LogP contribution is 2.23. The zero-order chi connectivity index (χ0) is 25.9. The van der Waals surface area contributed by atoms with Crippen molar-refractivity contribution in [2.75, 3.05) is 23.8 Å². The molecule has 186 valence electrons. The third-order valence-electron chi connectivity index (χ3n) is 4.71. The summed E-state index contributed by atoms with van der Waals surface area (Å²) in [5.41, 5.74) is 4.78. The Labute approximate surface area is 217 Å². The summed E-state index contributed by atoms with van der Waals surface area (Å²) < 4.78 is 11.9. The summed E-state index contributed by atoms with van der Waals surface area (Å²) in [7, 11) is 0. The lowest BCUT2D eigenvalue weighted by atomic mass is 10.2. The molecule has 0 radical (unpaired) electrons. The lowest BCUT2D eigenvalue weighted by Crippen LogP contribution is -2.32. The van der Waals surface area contributed by atoms with Gasteiger partial charge in [0.25, 0.3) is 5.91 Å². The Balaban J connectivity index is 1.50. The summed E-state index contributed by atoms with van der Waals surface area (Å²) >= 11 is 3.39. The molecule has 0 aromatic heterocycles. The Hall–Kier alpha value is -4.18. The van der Waals surface area contributed by atoms with Crippen LogP contribution in [0.25, 0.3) is 0 Å². The van der Waals surface area contributed by atoms with Crippen molar-refractivity contribution in [3.63, 3.8) is 0 Å². The molecule has 0 saturated heterocycles. The molecular weight excluding hydrogens is 528 g/mol. The molecule has 0 saturated carbocycles. The van der Waals surface area contributed by atoms with Crippen molar-refractivity contribution in [1.82, 2.24) is 5.43 Å². The molecule has 3 rings (SSSR count). The van der Waals surface area contributed by atoms with E-state index in [-0.39, 0.29) is 12.5 Å². The quantitative estimate of drug-likeness (QED) is 0.208. The minimum Gasteiger partial charge on any atom is -0.492 e. The number of rotatable bonds is 9. The van der Waals surface area contributed by atoms with E-state index in [1.54, 1.807) is 54.6 Å². The van der Waals surface area contributed by atoms with Crippen LogP contribution in [0.15, 0.2) is 76.3 Å². The molecule has 0 heterocycles. The van der Waals surface area contributed by atoms with E-state index in [9.17, 15) is 14.4 Å². The maximum Gasteiger partial charge on any atom is 0.329 e. The second-order valence-electron chi connectivity index (χ2n) is 7.45. The van der Waals surface area contributed by atoms with Crippen LogP contribution in [0.3, 0.4) is 0 Å². The Bertz CT molecular complexity index is 1280. The first-order valence-electron chi connectivity index (χ1n) is 11.0. The van der Waals surface area contributed by atoms with E-state index in [2.05, 4.69) is 37.1 Å². The molecule has 9 nitrogen and oxygen atoms in total. The molecule has 3 amide bonds. The lowest BCUT2D eigenvalue weighted by molar-refractivity contribution is -0.136. The number of carbonyl (C=O) groups excluding carboxylic acids is 3. The minimum atomic E-state index is -0.940. The highest BCUT2D eigenvalue weighted by molar-refractivity contribution is 9.10. The molecule has 0 aliphatic heterocycles. The van der Waals surface area contributed by atoms with Gasteiger partial charge in [-0.2, -0.15) is 5.10 Å². The highest BCUT2D eigenvalue weighted by Gasteiger charge is 2.15. The fraction of sp³-hybridized carbons (Fsp3) is 0.154. The van der Waals surface area contributed by atoms with E-state index >= 15 is 0 Å².